The van der Waals surface area contributed by atoms with Crippen molar-refractivity contribution in [1.82, 2.24) is 25.5 Å². The minimum absolute atomic E-state index is 0.0340. The molecule has 5 rings (SSSR count). The Morgan fingerprint density at radius 2 is 2.03 bits per heavy atom. The first kappa shape index (κ1) is 20.5. The fourth-order valence-electron chi connectivity index (χ4n) is 4.89. The molecule has 9 heteroatoms. The number of hydrogen-bond donors (Lipinski definition) is 3. The number of urea groups is 1. The van der Waals surface area contributed by atoms with Crippen molar-refractivity contribution in [3.63, 3.8) is 0 Å². The quantitative estimate of drug-likeness (QED) is 0.472. The van der Waals surface area contributed by atoms with Gasteiger partial charge in [0, 0.05) is 43.6 Å². The van der Waals surface area contributed by atoms with Crippen molar-refractivity contribution in [3.8, 4) is 0 Å². The van der Waals surface area contributed by atoms with Gasteiger partial charge in [0.2, 0.25) is 11.9 Å². The number of amides is 3. The number of hydrogen-bond acceptors (Lipinski definition) is 5. The molecule has 3 amide bonds. The molecule has 2 aromatic rings. The van der Waals surface area contributed by atoms with Gasteiger partial charge in [0.05, 0.1) is 23.1 Å². The van der Waals surface area contributed by atoms with Crippen LogP contribution in [0.2, 0.25) is 0 Å². The van der Waals surface area contributed by atoms with Crippen LogP contribution in [0, 0.1) is 0 Å². The monoisotopic (exact) mass is 442 g/mol. The largest absolute Gasteiger partial charge is 0.341 e. The number of anilines is 1. The molecule has 3 saturated heterocycles. The van der Waals surface area contributed by atoms with Crippen molar-refractivity contribution < 1.29 is 9.59 Å². The fraction of sp³-hybridized carbons (Fsp3) is 0.591. The van der Waals surface area contributed by atoms with E-state index in [4.69, 9.17) is 4.98 Å². The Bertz CT molecular complexity index is 916. The van der Waals surface area contributed by atoms with Crippen LogP contribution in [0.4, 0.5) is 10.7 Å². The second kappa shape index (κ2) is 8.98. The third-order valence-electron chi connectivity index (χ3n) is 6.59. The molecule has 1 aromatic carbocycles. The Labute approximate surface area is 186 Å². The number of aromatic nitrogens is 2. The zero-order valence-corrected chi connectivity index (χ0v) is 18.5. The average molecular weight is 443 g/mol. The maximum Gasteiger partial charge on any atom is 0.315 e. The van der Waals surface area contributed by atoms with Crippen molar-refractivity contribution >= 4 is 40.7 Å². The first-order valence-corrected chi connectivity index (χ1v) is 12.4. The maximum absolute atomic E-state index is 12.8. The molecule has 0 bridgehead atoms. The summed E-state index contributed by atoms with van der Waals surface area (Å²) in [6.45, 7) is 3.27. The Morgan fingerprint density at radius 1 is 1.13 bits per heavy atom. The number of unbranched alkanes of at least 4 members (excludes halogenated alkanes) is 1. The van der Waals surface area contributed by atoms with E-state index in [0.29, 0.717) is 11.7 Å². The Hall–Kier alpha value is -2.42. The molecule has 3 aliphatic heterocycles. The normalized spacial score (nSPS) is 25.9. The summed E-state index contributed by atoms with van der Waals surface area (Å²) < 4.78 is 0. The zero-order valence-electron chi connectivity index (χ0n) is 17.7. The molecule has 3 N–H and O–H groups in total. The number of nitrogens with zero attached hydrogens (tertiary/aromatic N) is 3. The zero-order chi connectivity index (χ0) is 21.2. The fourth-order valence-corrected chi connectivity index (χ4v) is 6.43. The summed E-state index contributed by atoms with van der Waals surface area (Å²) in [6, 6.07) is 8.57. The van der Waals surface area contributed by atoms with Crippen LogP contribution < -0.4 is 15.5 Å². The molecule has 3 fully saturated rings. The van der Waals surface area contributed by atoms with Gasteiger partial charge >= 0.3 is 6.03 Å². The minimum Gasteiger partial charge on any atom is -0.341 e. The van der Waals surface area contributed by atoms with Gasteiger partial charge in [-0.25, -0.2) is 9.78 Å². The molecule has 0 aliphatic carbocycles. The maximum atomic E-state index is 12.8. The number of benzene rings is 1. The van der Waals surface area contributed by atoms with Crippen LogP contribution in [0.3, 0.4) is 0 Å². The van der Waals surface area contributed by atoms with Crippen molar-refractivity contribution in [2.24, 2.45) is 0 Å². The standard InChI is InChI=1S/C22H30N6O2S/c29-19(9-4-3-8-18-20-17(14-31-18)25-22(30)26-20)27-10-5-11-28(13-12-27)21-23-15-6-1-2-7-16(15)24-21/h1-2,6-7,17-18,20H,3-5,8-14H2,(H,23,24)(H2,25,26,30)/t17-,18-,20-/m0/s1. The van der Waals surface area contributed by atoms with Gasteiger partial charge in [-0.05, 0) is 31.4 Å². The van der Waals surface area contributed by atoms with Crippen LogP contribution in [-0.4, -0.2) is 76.1 Å². The lowest BCUT2D eigenvalue weighted by Crippen LogP contribution is -2.37. The molecule has 166 valence electrons. The third-order valence-corrected chi connectivity index (χ3v) is 8.10. The van der Waals surface area contributed by atoms with E-state index in [1.54, 1.807) is 0 Å². The Balaban J connectivity index is 1.06. The topological polar surface area (TPSA) is 93.4 Å². The molecule has 0 unspecified atom stereocenters. The van der Waals surface area contributed by atoms with E-state index in [0.717, 1.165) is 74.6 Å². The predicted octanol–water partition coefficient (Wildman–Crippen LogP) is 2.33. The van der Waals surface area contributed by atoms with E-state index in [2.05, 4.69) is 20.5 Å². The third kappa shape index (κ3) is 4.46. The Morgan fingerprint density at radius 3 is 2.94 bits per heavy atom. The lowest BCUT2D eigenvalue weighted by Gasteiger charge is -2.22. The molecule has 0 spiro atoms. The molecule has 3 atom stereocenters. The summed E-state index contributed by atoms with van der Waals surface area (Å²) in [5.41, 5.74) is 2.03. The molecule has 0 saturated carbocycles. The first-order chi connectivity index (χ1) is 15.2. The van der Waals surface area contributed by atoms with Crippen LogP contribution in [0.5, 0.6) is 0 Å². The summed E-state index contributed by atoms with van der Waals surface area (Å²) >= 11 is 1.94. The molecule has 31 heavy (non-hydrogen) atoms. The highest BCUT2D eigenvalue weighted by Gasteiger charge is 2.42. The smallest absolute Gasteiger partial charge is 0.315 e. The van der Waals surface area contributed by atoms with Crippen molar-refractivity contribution in [1.29, 1.82) is 0 Å². The number of carbonyl (C=O) groups excluding carboxylic acids is 2. The number of thioether (sulfide) groups is 1. The molecule has 4 heterocycles. The van der Waals surface area contributed by atoms with Crippen molar-refractivity contribution in [2.75, 3.05) is 36.8 Å². The average Bonchev–Trinajstić information content (AvgIpc) is 3.40. The van der Waals surface area contributed by atoms with Gasteiger partial charge in [-0.2, -0.15) is 11.8 Å². The van der Waals surface area contributed by atoms with Gasteiger partial charge < -0.3 is 25.4 Å². The summed E-state index contributed by atoms with van der Waals surface area (Å²) in [5, 5.41) is 6.49. The second-order valence-corrected chi connectivity index (χ2v) is 9.94. The summed E-state index contributed by atoms with van der Waals surface area (Å²) in [5.74, 6) is 2.15. The van der Waals surface area contributed by atoms with E-state index in [1.165, 1.54) is 0 Å². The van der Waals surface area contributed by atoms with Gasteiger partial charge in [0.25, 0.3) is 0 Å². The van der Waals surface area contributed by atoms with Crippen LogP contribution >= 0.6 is 11.8 Å². The highest BCUT2D eigenvalue weighted by Crippen LogP contribution is 2.33. The molecule has 0 radical (unpaired) electrons. The van der Waals surface area contributed by atoms with Crippen LogP contribution in [0.1, 0.15) is 32.1 Å². The number of H-pyrrole nitrogens is 1. The van der Waals surface area contributed by atoms with E-state index in [9.17, 15) is 9.59 Å². The molecule has 1 aromatic heterocycles. The number of imidazole rings is 1. The first-order valence-electron chi connectivity index (χ1n) is 11.3. The van der Waals surface area contributed by atoms with Crippen LogP contribution in [0.25, 0.3) is 11.0 Å². The SMILES string of the molecule is O=C1N[C@H]2[C@H](CS[C@H]2CCCCC(=O)N2CCCN(c3nc4ccccc4[nH]3)CC2)N1. The number of carbonyl (C=O) groups is 2. The van der Waals surface area contributed by atoms with Crippen molar-refractivity contribution in [3.05, 3.63) is 24.3 Å². The van der Waals surface area contributed by atoms with Gasteiger partial charge in [-0.3, -0.25) is 4.79 Å². The van der Waals surface area contributed by atoms with Crippen molar-refractivity contribution in [2.45, 2.75) is 49.4 Å². The van der Waals surface area contributed by atoms with E-state index >= 15 is 0 Å². The summed E-state index contributed by atoms with van der Waals surface area (Å²) in [7, 11) is 0. The summed E-state index contributed by atoms with van der Waals surface area (Å²) in [6.07, 6.45) is 4.57. The van der Waals surface area contributed by atoms with Crippen LogP contribution in [-0.2, 0) is 4.79 Å². The van der Waals surface area contributed by atoms with E-state index in [-0.39, 0.29) is 24.0 Å². The van der Waals surface area contributed by atoms with Gasteiger partial charge in [-0.1, -0.05) is 18.6 Å². The highest BCUT2D eigenvalue weighted by molar-refractivity contribution is 8.00. The Kier molecular flexibility index (Phi) is 5.93. The number of nitrogens with one attached hydrogen (secondary N) is 3. The second-order valence-electron chi connectivity index (χ2n) is 8.67. The lowest BCUT2D eigenvalue weighted by molar-refractivity contribution is -0.131. The van der Waals surface area contributed by atoms with Crippen LogP contribution in [0.15, 0.2) is 24.3 Å². The number of rotatable bonds is 6. The van der Waals surface area contributed by atoms with Gasteiger partial charge in [-0.15, -0.1) is 0 Å². The molecule has 8 nitrogen and oxygen atoms in total. The summed E-state index contributed by atoms with van der Waals surface area (Å²) in [4.78, 5) is 36.6. The van der Waals surface area contributed by atoms with Gasteiger partial charge in [0.15, 0.2) is 0 Å². The molecular formula is C22H30N6O2S. The molecule has 3 aliphatic rings. The van der Waals surface area contributed by atoms with Gasteiger partial charge in [0.1, 0.15) is 0 Å². The lowest BCUT2D eigenvalue weighted by atomic mass is 10.0. The molecular weight excluding hydrogens is 412 g/mol. The predicted molar refractivity (Wildman–Crippen MR) is 123 cm³/mol. The number of fused-ring (bicyclic) bond motifs is 2. The minimum atomic E-state index is -0.0340. The highest BCUT2D eigenvalue weighted by atomic mass is 32.2. The number of para-hydroxylation sites is 2. The van der Waals surface area contributed by atoms with E-state index in [1.807, 2.05) is 40.9 Å². The number of aromatic amines is 1. The van der Waals surface area contributed by atoms with E-state index < -0.39 is 0 Å².